The highest BCUT2D eigenvalue weighted by molar-refractivity contribution is 4.81. The van der Waals surface area contributed by atoms with Crippen molar-refractivity contribution in [3.05, 3.63) is 0 Å². The van der Waals surface area contributed by atoms with E-state index in [2.05, 4.69) is 45.0 Å². The second-order valence-corrected chi connectivity index (χ2v) is 4.00. The minimum Gasteiger partial charge on any atom is -0.313 e. The fraction of sp³-hybridized carbons (Fsp3) is 1.00. The maximum absolute atomic E-state index is 3.61. The normalized spacial score (nSPS) is 15.9. The average molecular weight is 200 g/mol. The summed E-state index contributed by atoms with van der Waals surface area (Å²) in [6.45, 7) is 11.2. The van der Waals surface area contributed by atoms with Crippen molar-refractivity contribution in [2.45, 2.75) is 59.0 Å². The van der Waals surface area contributed by atoms with Gasteiger partial charge in [-0.15, -0.1) is 0 Å². The number of likely N-dealkylation sites (N-methyl/N-ethyl adjacent to an activating group) is 2. The molecule has 0 aliphatic carbocycles. The van der Waals surface area contributed by atoms with E-state index in [-0.39, 0.29) is 0 Å². The van der Waals surface area contributed by atoms with Crippen molar-refractivity contribution in [2.24, 2.45) is 0 Å². The Morgan fingerprint density at radius 2 is 1.79 bits per heavy atom. The van der Waals surface area contributed by atoms with Gasteiger partial charge in [0.2, 0.25) is 0 Å². The van der Waals surface area contributed by atoms with E-state index in [0.717, 1.165) is 13.1 Å². The lowest BCUT2D eigenvalue weighted by Crippen LogP contribution is -2.48. The maximum atomic E-state index is 3.61. The summed E-state index contributed by atoms with van der Waals surface area (Å²) in [6, 6.07) is 1.36. The van der Waals surface area contributed by atoms with E-state index >= 15 is 0 Å². The monoisotopic (exact) mass is 200 g/mol. The first-order valence-corrected chi connectivity index (χ1v) is 6.14. The van der Waals surface area contributed by atoms with Crippen LogP contribution in [0.2, 0.25) is 0 Å². The predicted molar refractivity (Wildman–Crippen MR) is 64.8 cm³/mol. The Morgan fingerprint density at radius 1 is 1.14 bits per heavy atom. The standard InChI is InChI=1S/C12H28N2/c1-6-10-11(13-8-3)12(7-2)14(5)9-4/h11-13H,6-10H2,1-5H3. The zero-order valence-corrected chi connectivity index (χ0v) is 10.6. The van der Waals surface area contributed by atoms with E-state index < -0.39 is 0 Å². The van der Waals surface area contributed by atoms with Crippen LogP contribution in [-0.2, 0) is 0 Å². The van der Waals surface area contributed by atoms with Crippen molar-refractivity contribution >= 4 is 0 Å². The summed E-state index contributed by atoms with van der Waals surface area (Å²) in [5.41, 5.74) is 0. The average Bonchev–Trinajstić information content (AvgIpc) is 2.19. The molecule has 2 atom stereocenters. The van der Waals surface area contributed by atoms with E-state index in [1.54, 1.807) is 0 Å². The minimum absolute atomic E-state index is 0.667. The van der Waals surface area contributed by atoms with Crippen molar-refractivity contribution in [1.29, 1.82) is 0 Å². The predicted octanol–water partition coefficient (Wildman–Crippen LogP) is 2.49. The molecule has 0 saturated heterocycles. The number of hydrogen-bond acceptors (Lipinski definition) is 2. The summed E-state index contributed by atoms with van der Waals surface area (Å²) < 4.78 is 0. The van der Waals surface area contributed by atoms with Gasteiger partial charge in [0.25, 0.3) is 0 Å². The highest BCUT2D eigenvalue weighted by atomic mass is 15.2. The lowest BCUT2D eigenvalue weighted by atomic mass is 9.99. The Hall–Kier alpha value is -0.0800. The molecule has 0 bridgehead atoms. The number of rotatable bonds is 8. The first-order chi connectivity index (χ1) is 6.71. The molecule has 0 aliphatic heterocycles. The minimum atomic E-state index is 0.667. The molecule has 0 aromatic carbocycles. The molecule has 0 aromatic rings. The molecule has 2 nitrogen and oxygen atoms in total. The van der Waals surface area contributed by atoms with Crippen LogP contribution in [0.25, 0.3) is 0 Å². The zero-order chi connectivity index (χ0) is 11.0. The molecular weight excluding hydrogens is 172 g/mol. The quantitative estimate of drug-likeness (QED) is 0.647. The van der Waals surface area contributed by atoms with Crippen LogP contribution < -0.4 is 5.32 Å². The van der Waals surface area contributed by atoms with Crippen molar-refractivity contribution in [2.75, 3.05) is 20.1 Å². The zero-order valence-electron chi connectivity index (χ0n) is 10.6. The van der Waals surface area contributed by atoms with Crippen molar-refractivity contribution < 1.29 is 0 Å². The molecule has 2 unspecified atom stereocenters. The van der Waals surface area contributed by atoms with E-state index in [1.165, 1.54) is 19.3 Å². The summed E-state index contributed by atoms with van der Waals surface area (Å²) in [7, 11) is 2.23. The van der Waals surface area contributed by atoms with Gasteiger partial charge in [-0.25, -0.2) is 0 Å². The van der Waals surface area contributed by atoms with Crippen LogP contribution in [0.5, 0.6) is 0 Å². The lowest BCUT2D eigenvalue weighted by molar-refractivity contribution is 0.188. The highest BCUT2D eigenvalue weighted by Crippen LogP contribution is 2.11. The van der Waals surface area contributed by atoms with E-state index in [9.17, 15) is 0 Å². The van der Waals surface area contributed by atoms with Gasteiger partial charge in [0.05, 0.1) is 0 Å². The van der Waals surface area contributed by atoms with Gasteiger partial charge in [-0.3, -0.25) is 0 Å². The molecule has 1 N–H and O–H groups in total. The van der Waals surface area contributed by atoms with Crippen molar-refractivity contribution in [3.8, 4) is 0 Å². The second-order valence-electron chi connectivity index (χ2n) is 4.00. The van der Waals surface area contributed by atoms with Gasteiger partial charge in [0.15, 0.2) is 0 Å². The molecular formula is C12H28N2. The maximum Gasteiger partial charge on any atom is 0.0243 e. The van der Waals surface area contributed by atoms with Crippen LogP contribution in [0.15, 0.2) is 0 Å². The van der Waals surface area contributed by atoms with E-state index in [1.807, 2.05) is 0 Å². The van der Waals surface area contributed by atoms with Crippen LogP contribution in [0, 0.1) is 0 Å². The molecule has 0 spiro atoms. The van der Waals surface area contributed by atoms with Crippen LogP contribution in [-0.4, -0.2) is 37.1 Å². The summed E-state index contributed by atoms with van der Waals surface area (Å²) in [5, 5.41) is 3.61. The third-order valence-electron chi connectivity index (χ3n) is 3.01. The molecule has 0 rings (SSSR count). The van der Waals surface area contributed by atoms with Crippen molar-refractivity contribution in [3.63, 3.8) is 0 Å². The van der Waals surface area contributed by atoms with Crippen LogP contribution in [0.1, 0.15) is 47.0 Å². The Kier molecular flexibility index (Phi) is 8.20. The third-order valence-corrected chi connectivity index (χ3v) is 3.01. The highest BCUT2D eigenvalue weighted by Gasteiger charge is 2.20. The van der Waals surface area contributed by atoms with Crippen molar-refractivity contribution in [1.82, 2.24) is 10.2 Å². The largest absolute Gasteiger partial charge is 0.313 e. The molecule has 0 aromatic heterocycles. The van der Waals surface area contributed by atoms with Crippen LogP contribution in [0.3, 0.4) is 0 Å². The summed E-state index contributed by atoms with van der Waals surface area (Å²) >= 11 is 0. The Morgan fingerprint density at radius 3 is 2.14 bits per heavy atom. The van der Waals surface area contributed by atoms with Gasteiger partial charge in [-0.2, -0.15) is 0 Å². The second kappa shape index (κ2) is 8.25. The van der Waals surface area contributed by atoms with Gasteiger partial charge in [-0.1, -0.05) is 34.1 Å². The molecule has 2 heteroatoms. The third kappa shape index (κ3) is 4.43. The Labute approximate surface area is 90.1 Å². The summed E-state index contributed by atoms with van der Waals surface area (Å²) in [6.07, 6.45) is 3.80. The molecule has 0 heterocycles. The number of nitrogens with zero attached hydrogens (tertiary/aromatic N) is 1. The molecule has 14 heavy (non-hydrogen) atoms. The SMILES string of the molecule is CCCC(NCC)C(CC)N(C)CC. The van der Waals surface area contributed by atoms with Crippen LogP contribution in [0.4, 0.5) is 0 Å². The molecule has 0 amide bonds. The molecule has 0 aliphatic rings. The summed E-state index contributed by atoms with van der Waals surface area (Å²) in [4.78, 5) is 2.46. The number of hydrogen-bond donors (Lipinski definition) is 1. The summed E-state index contributed by atoms with van der Waals surface area (Å²) in [5.74, 6) is 0. The fourth-order valence-electron chi connectivity index (χ4n) is 2.14. The molecule has 0 fully saturated rings. The molecule has 0 radical (unpaired) electrons. The smallest absolute Gasteiger partial charge is 0.0243 e. The molecule has 0 saturated carbocycles. The van der Waals surface area contributed by atoms with E-state index in [4.69, 9.17) is 0 Å². The van der Waals surface area contributed by atoms with Crippen LogP contribution >= 0.6 is 0 Å². The first kappa shape index (κ1) is 13.9. The van der Waals surface area contributed by atoms with Gasteiger partial charge in [0.1, 0.15) is 0 Å². The Bertz CT molecular complexity index is 119. The van der Waals surface area contributed by atoms with Gasteiger partial charge < -0.3 is 10.2 Å². The topological polar surface area (TPSA) is 15.3 Å². The Balaban J connectivity index is 4.24. The van der Waals surface area contributed by atoms with Gasteiger partial charge in [-0.05, 0) is 33.0 Å². The van der Waals surface area contributed by atoms with E-state index in [0.29, 0.717) is 12.1 Å². The number of nitrogens with one attached hydrogen (secondary N) is 1. The first-order valence-electron chi connectivity index (χ1n) is 6.14. The fourth-order valence-corrected chi connectivity index (χ4v) is 2.14. The van der Waals surface area contributed by atoms with Gasteiger partial charge >= 0.3 is 0 Å². The van der Waals surface area contributed by atoms with Gasteiger partial charge in [0, 0.05) is 12.1 Å². The lowest BCUT2D eigenvalue weighted by Gasteiger charge is -2.34. The molecule has 86 valence electrons.